The molecule has 1 aromatic rings. The number of aromatic nitrogens is 1. The summed E-state index contributed by atoms with van der Waals surface area (Å²) in [5, 5.41) is 2.89. The number of nitrogens with two attached hydrogens (primary N) is 1. The third-order valence-electron chi connectivity index (χ3n) is 5.21. The van der Waals surface area contributed by atoms with Crippen molar-refractivity contribution in [1.29, 1.82) is 0 Å². The average Bonchev–Trinajstić information content (AvgIpc) is 2.70. The minimum Gasteiger partial charge on any atom is -0.353 e. The molecule has 1 unspecified atom stereocenters. The van der Waals surface area contributed by atoms with Gasteiger partial charge in [0.2, 0.25) is 5.91 Å². The van der Waals surface area contributed by atoms with E-state index in [4.69, 9.17) is 5.73 Å². The lowest BCUT2D eigenvalue weighted by Gasteiger charge is -2.43. The number of nitrogens with zero attached hydrogens (tertiary/aromatic N) is 3. The van der Waals surface area contributed by atoms with E-state index in [0.29, 0.717) is 43.5 Å². The lowest BCUT2D eigenvalue weighted by molar-refractivity contribution is -0.127. The van der Waals surface area contributed by atoms with Crippen molar-refractivity contribution in [3.05, 3.63) is 30.1 Å². The first kappa shape index (κ1) is 23.3. The number of nitrogens with one attached hydrogen (secondary N) is 1. The van der Waals surface area contributed by atoms with Gasteiger partial charge in [-0.15, -0.1) is 0 Å². The largest absolute Gasteiger partial charge is 0.353 e. The van der Waals surface area contributed by atoms with Gasteiger partial charge in [0, 0.05) is 51.2 Å². The third kappa shape index (κ3) is 6.78. The van der Waals surface area contributed by atoms with Crippen molar-refractivity contribution >= 4 is 11.8 Å². The van der Waals surface area contributed by atoms with Crippen molar-refractivity contribution < 1.29 is 9.59 Å². The molecule has 7 nitrogen and oxygen atoms in total. The summed E-state index contributed by atoms with van der Waals surface area (Å²) in [4.78, 5) is 34.3. The van der Waals surface area contributed by atoms with Crippen LogP contribution in [0.1, 0.15) is 50.9 Å². The molecule has 0 radical (unpaired) electrons. The SMILES string of the molecule is CC(C)CN(CC(C)C)C1CCN(C(=O)c2cccnc2)[C@@H](C(=O)NCCN)C1. The zero-order valence-electron chi connectivity index (χ0n) is 18.3. The van der Waals surface area contributed by atoms with Crippen LogP contribution in [0, 0.1) is 11.8 Å². The number of carbonyl (C=O) groups excluding carboxylic acids is 2. The van der Waals surface area contributed by atoms with Gasteiger partial charge in [-0.2, -0.15) is 0 Å². The second-order valence-corrected chi connectivity index (χ2v) is 8.76. The molecular weight excluding hydrogens is 366 g/mol. The molecule has 2 amide bonds. The first-order valence-electron chi connectivity index (χ1n) is 10.8. The predicted octanol–water partition coefficient (Wildman–Crippen LogP) is 1.74. The number of likely N-dealkylation sites (tertiary alicyclic amines) is 1. The number of hydrogen-bond donors (Lipinski definition) is 2. The Labute approximate surface area is 175 Å². The molecule has 1 saturated heterocycles. The zero-order chi connectivity index (χ0) is 21.4. The van der Waals surface area contributed by atoms with Crippen molar-refractivity contribution in [2.45, 2.75) is 52.6 Å². The van der Waals surface area contributed by atoms with Gasteiger partial charge in [-0.25, -0.2) is 0 Å². The monoisotopic (exact) mass is 403 g/mol. The summed E-state index contributed by atoms with van der Waals surface area (Å²) in [5.41, 5.74) is 6.08. The molecule has 0 saturated carbocycles. The summed E-state index contributed by atoms with van der Waals surface area (Å²) < 4.78 is 0. The molecule has 3 N–H and O–H groups in total. The molecule has 1 aliphatic rings. The highest BCUT2D eigenvalue weighted by Crippen LogP contribution is 2.25. The van der Waals surface area contributed by atoms with E-state index < -0.39 is 6.04 Å². The zero-order valence-corrected chi connectivity index (χ0v) is 18.3. The molecule has 0 bridgehead atoms. The Bertz CT molecular complexity index is 640. The van der Waals surface area contributed by atoms with E-state index in [1.54, 1.807) is 29.4 Å². The fourth-order valence-corrected chi connectivity index (χ4v) is 4.05. The van der Waals surface area contributed by atoms with Crippen molar-refractivity contribution in [1.82, 2.24) is 20.1 Å². The van der Waals surface area contributed by atoms with Gasteiger partial charge in [-0.05, 0) is 36.8 Å². The van der Waals surface area contributed by atoms with E-state index in [1.807, 2.05) is 0 Å². The first-order valence-corrected chi connectivity index (χ1v) is 10.8. The molecule has 0 aliphatic carbocycles. The molecular formula is C22H37N5O2. The minimum absolute atomic E-state index is 0.119. The molecule has 2 rings (SSSR count). The van der Waals surface area contributed by atoms with E-state index in [1.165, 1.54) is 0 Å². The summed E-state index contributed by atoms with van der Waals surface area (Å²) in [5.74, 6) is 0.844. The van der Waals surface area contributed by atoms with Crippen LogP contribution >= 0.6 is 0 Å². The van der Waals surface area contributed by atoms with Crippen molar-refractivity contribution in [3.63, 3.8) is 0 Å². The van der Waals surface area contributed by atoms with Crippen LogP contribution in [-0.4, -0.2) is 71.4 Å². The molecule has 0 spiro atoms. The van der Waals surface area contributed by atoms with Crippen LogP contribution in [0.3, 0.4) is 0 Å². The quantitative estimate of drug-likeness (QED) is 0.655. The summed E-state index contributed by atoms with van der Waals surface area (Å²) in [7, 11) is 0. The number of amides is 2. The number of piperidine rings is 1. The number of hydrogen-bond acceptors (Lipinski definition) is 5. The summed E-state index contributed by atoms with van der Waals surface area (Å²) in [6.07, 6.45) is 4.71. The second kappa shape index (κ2) is 11.3. The predicted molar refractivity (Wildman–Crippen MR) is 115 cm³/mol. The molecule has 29 heavy (non-hydrogen) atoms. The van der Waals surface area contributed by atoms with Crippen LogP contribution in [0.5, 0.6) is 0 Å². The standard InChI is InChI=1S/C22H37N5O2/c1-16(2)14-26(15-17(3)4)19-7-11-27(20(12-19)21(28)25-10-8-23)22(29)18-6-5-9-24-13-18/h5-6,9,13,16-17,19-20H,7-8,10-12,14-15,23H2,1-4H3,(H,25,28)/t19?,20-/m1/s1. The van der Waals surface area contributed by atoms with E-state index in [2.05, 4.69) is 42.9 Å². The summed E-state index contributed by atoms with van der Waals surface area (Å²) in [6.45, 7) is 12.2. The average molecular weight is 404 g/mol. The third-order valence-corrected chi connectivity index (χ3v) is 5.21. The lowest BCUT2D eigenvalue weighted by atomic mass is 9.93. The van der Waals surface area contributed by atoms with Crippen LogP contribution in [0.4, 0.5) is 0 Å². The van der Waals surface area contributed by atoms with E-state index >= 15 is 0 Å². The topological polar surface area (TPSA) is 91.6 Å². The van der Waals surface area contributed by atoms with Gasteiger partial charge in [0.1, 0.15) is 6.04 Å². The first-order chi connectivity index (χ1) is 13.8. The van der Waals surface area contributed by atoms with Crippen LogP contribution in [-0.2, 0) is 4.79 Å². The molecule has 162 valence electrons. The fourth-order valence-electron chi connectivity index (χ4n) is 4.05. The Balaban J connectivity index is 2.22. The highest BCUT2D eigenvalue weighted by molar-refractivity contribution is 5.97. The Morgan fingerprint density at radius 1 is 1.28 bits per heavy atom. The van der Waals surface area contributed by atoms with Gasteiger partial charge in [-0.1, -0.05) is 27.7 Å². The van der Waals surface area contributed by atoms with Crippen LogP contribution in [0.15, 0.2) is 24.5 Å². The fraction of sp³-hybridized carbons (Fsp3) is 0.682. The normalized spacial score (nSPS) is 19.8. The Kier molecular flexibility index (Phi) is 9.04. The van der Waals surface area contributed by atoms with E-state index in [0.717, 1.165) is 19.5 Å². The van der Waals surface area contributed by atoms with Crippen LogP contribution in [0.2, 0.25) is 0 Å². The maximum atomic E-state index is 13.1. The molecule has 1 aromatic heterocycles. The number of carbonyl (C=O) groups is 2. The number of pyridine rings is 1. The molecule has 0 aromatic carbocycles. The number of rotatable bonds is 9. The molecule has 2 heterocycles. The maximum absolute atomic E-state index is 13.1. The molecule has 7 heteroatoms. The maximum Gasteiger partial charge on any atom is 0.256 e. The summed E-state index contributed by atoms with van der Waals surface area (Å²) >= 11 is 0. The highest BCUT2D eigenvalue weighted by atomic mass is 16.2. The molecule has 1 fully saturated rings. The van der Waals surface area contributed by atoms with Gasteiger partial charge in [-0.3, -0.25) is 19.5 Å². The van der Waals surface area contributed by atoms with Crippen molar-refractivity contribution in [2.75, 3.05) is 32.7 Å². The summed E-state index contributed by atoms with van der Waals surface area (Å²) in [6, 6.07) is 3.29. The minimum atomic E-state index is -0.491. The lowest BCUT2D eigenvalue weighted by Crippen LogP contribution is -2.58. The van der Waals surface area contributed by atoms with Gasteiger partial charge in [0.05, 0.1) is 5.56 Å². The van der Waals surface area contributed by atoms with Crippen molar-refractivity contribution in [3.8, 4) is 0 Å². The highest BCUT2D eigenvalue weighted by Gasteiger charge is 2.38. The molecule has 2 atom stereocenters. The smallest absolute Gasteiger partial charge is 0.256 e. The molecule has 1 aliphatic heterocycles. The van der Waals surface area contributed by atoms with Gasteiger partial charge in [0.15, 0.2) is 0 Å². The van der Waals surface area contributed by atoms with Gasteiger partial charge < -0.3 is 16.0 Å². The van der Waals surface area contributed by atoms with E-state index in [-0.39, 0.29) is 17.9 Å². The second-order valence-electron chi connectivity index (χ2n) is 8.76. The van der Waals surface area contributed by atoms with Gasteiger partial charge >= 0.3 is 0 Å². The van der Waals surface area contributed by atoms with E-state index in [9.17, 15) is 9.59 Å². The van der Waals surface area contributed by atoms with Crippen LogP contribution in [0.25, 0.3) is 0 Å². The Hall–Kier alpha value is -1.99. The van der Waals surface area contributed by atoms with Gasteiger partial charge in [0.25, 0.3) is 5.91 Å². The van der Waals surface area contributed by atoms with Crippen LogP contribution < -0.4 is 11.1 Å². The van der Waals surface area contributed by atoms with Crippen molar-refractivity contribution in [2.24, 2.45) is 17.6 Å². The Morgan fingerprint density at radius 3 is 2.52 bits per heavy atom. The Morgan fingerprint density at radius 2 is 1.97 bits per heavy atom.